The fourth-order valence-electron chi connectivity index (χ4n) is 6.42. The third-order valence-electron chi connectivity index (χ3n) is 7.61. The highest BCUT2D eigenvalue weighted by atomic mass is 14.5. The average molecular weight is 417 g/mol. The molecule has 0 saturated carbocycles. The van der Waals surface area contributed by atoms with Crippen LogP contribution < -0.4 is 0 Å². The summed E-state index contributed by atoms with van der Waals surface area (Å²) in [5.74, 6) is 0. The number of fused-ring (bicyclic) bond motifs is 3. The van der Waals surface area contributed by atoms with Gasteiger partial charge in [0.25, 0.3) is 0 Å². The molecule has 0 heteroatoms. The van der Waals surface area contributed by atoms with Crippen molar-refractivity contribution >= 4 is 16.7 Å². The summed E-state index contributed by atoms with van der Waals surface area (Å²) < 4.78 is 0. The Kier molecular flexibility index (Phi) is 5.25. The van der Waals surface area contributed by atoms with E-state index in [-0.39, 0.29) is 5.41 Å². The van der Waals surface area contributed by atoms with Crippen LogP contribution in [0.25, 0.3) is 27.8 Å². The zero-order valence-electron chi connectivity index (χ0n) is 19.7. The van der Waals surface area contributed by atoms with E-state index in [1.54, 1.807) is 16.7 Å². The van der Waals surface area contributed by atoms with E-state index in [1.807, 2.05) is 0 Å². The Hall–Kier alpha value is -3.12. The lowest BCUT2D eigenvalue weighted by atomic mass is 9.70. The van der Waals surface area contributed by atoms with Gasteiger partial charge in [-0.05, 0) is 76.3 Å². The molecule has 0 nitrogen and oxygen atoms in total. The lowest BCUT2D eigenvalue weighted by Crippen LogP contribution is -2.19. The summed E-state index contributed by atoms with van der Waals surface area (Å²) in [6.45, 7) is 9.27. The van der Waals surface area contributed by atoms with Crippen molar-refractivity contribution in [2.45, 2.75) is 47.0 Å². The van der Waals surface area contributed by atoms with Gasteiger partial charge in [-0.3, -0.25) is 0 Å². The third kappa shape index (κ3) is 2.75. The largest absolute Gasteiger partial charge is 0.0826 e. The van der Waals surface area contributed by atoms with Gasteiger partial charge >= 0.3 is 0 Å². The quantitative estimate of drug-likeness (QED) is 0.389. The van der Waals surface area contributed by atoms with Gasteiger partial charge in [-0.15, -0.1) is 0 Å². The van der Waals surface area contributed by atoms with E-state index < -0.39 is 0 Å². The van der Waals surface area contributed by atoms with Crippen molar-refractivity contribution < 1.29 is 0 Å². The van der Waals surface area contributed by atoms with Gasteiger partial charge in [-0.2, -0.15) is 0 Å². The topological polar surface area (TPSA) is 0 Å². The zero-order valence-corrected chi connectivity index (χ0v) is 19.7. The summed E-state index contributed by atoms with van der Waals surface area (Å²) >= 11 is 0. The van der Waals surface area contributed by atoms with E-state index in [1.165, 1.54) is 39.0 Å². The first-order chi connectivity index (χ1) is 15.7. The van der Waals surface area contributed by atoms with E-state index in [4.69, 9.17) is 0 Å². The van der Waals surface area contributed by atoms with E-state index in [0.717, 1.165) is 19.3 Å². The Morgan fingerprint density at radius 2 is 1.25 bits per heavy atom. The summed E-state index contributed by atoms with van der Waals surface area (Å²) in [5, 5.41) is 0. The molecule has 0 aromatic heterocycles. The van der Waals surface area contributed by atoms with Gasteiger partial charge in [0, 0.05) is 5.41 Å². The molecular weight excluding hydrogens is 384 g/mol. The van der Waals surface area contributed by atoms with Gasteiger partial charge in [0.2, 0.25) is 0 Å². The van der Waals surface area contributed by atoms with Crippen LogP contribution in [0.15, 0.2) is 96.1 Å². The number of allylic oxidation sites excluding steroid dienone is 6. The van der Waals surface area contributed by atoms with Crippen molar-refractivity contribution in [1.29, 1.82) is 0 Å². The van der Waals surface area contributed by atoms with Crippen molar-refractivity contribution in [3.8, 4) is 11.1 Å². The molecule has 0 N–H and O–H groups in total. The highest BCUT2D eigenvalue weighted by Gasteiger charge is 2.52. The maximum atomic E-state index is 2.37. The molecule has 0 bridgehead atoms. The second-order valence-electron chi connectivity index (χ2n) is 8.86. The summed E-state index contributed by atoms with van der Waals surface area (Å²) in [6.07, 6.45) is 5.65. The first-order valence-electron chi connectivity index (χ1n) is 12.1. The smallest absolute Gasteiger partial charge is 0.0429 e. The normalized spacial score (nSPS) is 20.8. The van der Waals surface area contributed by atoms with Crippen LogP contribution in [0.5, 0.6) is 0 Å². The fraction of sp³-hybridized carbons (Fsp3) is 0.250. The second-order valence-corrected chi connectivity index (χ2v) is 8.86. The molecule has 3 aromatic rings. The minimum Gasteiger partial charge on any atom is -0.0826 e. The fourth-order valence-corrected chi connectivity index (χ4v) is 6.42. The first-order valence-corrected chi connectivity index (χ1v) is 12.1. The predicted molar refractivity (Wildman–Crippen MR) is 139 cm³/mol. The summed E-state index contributed by atoms with van der Waals surface area (Å²) in [6, 6.07) is 29.0. The van der Waals surface area contributed by atoms with Crippen molar-refractivity contribution in [3.05, 3.63) is 113 Å². The Balaban J connectivity index is 1.78. The molecule has 3 aromatic carbocycles. The number of benzene rings is 3. The molecule has 0 amide bonds. The molecule has 32 heavy (non-hydrogen) atoms. The maximum Gasteiger partial charge on any atom is 0.0429 e. The second kappa shape index (κ2) is 8.10. The van der Waals surface area contributed by atoms with Crippen LogP contribution >= 0.6 is 0 Å². The summed E-state index contributed by atoms with van der Waals surface area (Å²) in [7, 11) is 0. The molecule has 0 spiro atoms. The highest BCUT2D eigenvalue weighted by Crippen LogP contribution is 2.68. The van der Waals surface area contributed by atoms with Crippen LogP contribution in [0.2, 0.25) is 0 Å². The summed E-state index contributed by atoms with van der Waals surface area (Å²) in [5.41, 5.74) is 14.5. The number of hydrogen-bond donors (Lipinski definition) is 0. The molecule has 0 saturated heterocycles. The molecule has 1 atom stereocenters. The molecule has 2 aliphatic carbocycles. The van der Waals surface area contributed by atoms with Crippen LogP contribution in [0, 0.1) is 5.41 Å². The van der Waals surface area contributed by atoms with Gasteiger partial charge < -0.3 is 0 Å². The molecule has 5 rings (SSSR count). The van der Waals surface area contributed by atoms with E-state index in [2.05, 4.69) is 113 Å². The minimum absolute atomic E-state index is 0.0198. The molecular formula is C32H32. The maximum absolute atomic E-state index is 2.37. The van der Waals surface area contributed by atoms with Crippen LogP contribution in [-0.2, 0) is 0 Å². The lowest BCUT2D eigenvalue weighted by molar-refractivity contribution is 0.597. The van der Waals surface area contributed by atoms with E-state index in [0.29, 0.717) is 0 Å². The molecule has 0 fully saturated rings. The number of hydrogen-bond acceptors (Lipinski definition) is 0. The molecule has 0 heterocycles. The van der Waals surface area contributed by atoms with Gasteiger partial charge in [0.15, 0.2) is 0 Å². The zero-order chi connectivity index (χ0) is 22.3. The monoisotopic (exact) mass is 416 g/mol. The van der Waals surface area contributed by atoms with Crippen LogP contribution in [-0.4, -0.2) is 0 Å². The lowest BCUT2D eigenvalue weighted by Gasteiger charge is -2.32. The van der Waals surface area contributed by atoms with Crippen molar-refractivity contribution in [3.63, 3.8) is 0 Å². The van der Waals surface area contributed by atoms with Crippen molar-refractivity contribution in [1.82, 2.24) is 0 Å². The third-order valence-corrected chi connectivity index (χ3v) is 7.61. The average Bonchev–Trinajstić information content (AvgIpc) is 3.31. The predicted octanol–water partition coefficient (Wildman–Crippen LogP) is 9.21. The SMILES string of the molecule is C/C=C1\c2ccccc2C2=C(c3ccc(-c4ccccc4)cc3)C(CC)=C(CC)C21CC. The minimum atomic E-state index is 0.0198. The molecule has 160 valence electrons. The van der Waals surface area contributed by atoms with E-state index >= 15 is 0 Å². The van der Waals surface area contributed by atoms with Crippen molar-refractivity contribution in [2.75, 3.05) is 0 Å². The molecule has 0 aliphatic heterocycles. The van der Waals surface area contributed by atoms with E-state index in [9.17, 15) is 0 Å². The standard InChI is InChI=1S/C32H32/c1-5-25-28(6-2)32(8-4)29(7-3)26-16-12-13-17-27(26)31(32)30(25)24-20-18-23(19-21-24)22-14-10-9-11-15-22/h7,9-21H,5-6,8H2,1-4H3/b29-7+. The highest BCUT2D eigenvalue weighted by molar-refractivity contribution is 6.15. The van der Waals surface area contributed by atoms with Gasteiger partial charge in [0.1, 0.15) is 0 Å². The molecule has 2 aliphatic rings. The summed E-state index contributed by atoms with van der Waals surface area (Å²) in [4.78, 5) is 0. The Morgan fingerprint density at radius 1 is 0.656 bits per heavy atom. The van der Waals surface area contributed by atoms with Gasteiger partial charge in [-0.1, -0.05) is 111 Å². The van der Waals surface area contributed by atoms with Crippen LogP contribution in [0.1, 0.15) is 63.6 Å². The molecule has 1 unspecified atom stereocenters. The molecule has 0 radical (unpaired) electrons. The van der Waals surface area contributed by atoms with Crippen LogP contribution in [0.3, 0.4) is 0 Å². The van der Waals surface area contributed by atoms with Gasteiger partial charge in [-0.25, -0.2) is 0 Å². The van der Waals surface area contributed by atoms with Crippen molar-refractivity contribution in [2.24, 2.45) is 5.41 Å². The first kappa shape index (κ1) is 20.8. The Labute approximate surface area is 193 Å². The number of rotatable bonds is 5. The van der Waals surface area contributed by atoms with Crippen LogP contribution in [0.4, 0.5) is 0 Å². The Morgan fingerprint density at radius 3 is 1.84 bits per heavy atom. The Bertz CT molecular complexity index is 1250. The van der Waals surface area contributed by atoms with Gasteiger partial charge in [0.05, 0.1) is 0 Å².